The van der Waals surface area contributed by atoms with Gasteiger partial charge in [-0.1, -0.05) is 36.4 Å². The summed E-state index contributed by atoms with van der Waals surface area (Å²) < 4.78 is 2.10. The number of carbonyl (C=O) groups is 1. The van der Waals surface area contributed by atoms with Crippen LogP contribution < -0.4 is 4.90 Å². The number of hydrogen-bond donors (Lipinski definition) is 0. The van der Waals surface area contributed by atoms with Crippen LogP contribution in [0.3, 0.4) is 0 Å². The van der Waals surface area contributed by atoms with Crippen LogP contribution in [0.15, 0.2) is 54.0 Å². The van der Waals surface area contributed by atoms with Crippen LogP contribution >= 0.6 is 11.3 Å². The normalized spacial score (nSPS) is 13.8. The number of anilines is 1. The molecular formula is C18H17N3OS. The van der Waals surface area contributed by atoms with E-state index in [0.29, 0.717) is 6.42 Å². The van der Waals surface area contributed by atoms with Gasteiger partial charge in [0.1, 0.15) is 0 Å². The summed E-state index contributed by atoms with van der Waals surface area (Å²) in [4.78, 5) is 20.3. The molecule has 0 atom stereocenters. The maximum atomic E-state index is 12.7. The van der Waals surface area contributed by atoms with E-state index in [2.05, 4.69) is 10.8 Å². The first-order chi connectivity index (χ1) is 11.3. The SMILES string of the molecule is O=C(Cc1cccs1)N1CCCn2cc(-c3ccccc3)nc21. The molecule has 0 N–H and O–H groups in total. The number of thiophene rings is 1. The van der Waals surface area contributed by atoms with Crippen LogP contribution in [0.1, 0.15) is 11.3 Å². The molecule has 1 aliphatic heterocycles. The van der Waals surface area contributed by atoms with Gasteiger partial charge in [-0.2, -0.15) is 0 Å². The molecule has 2 aromatic heterocycles. The Labute approximate surface area is 139 Å². The molecule has 0 bridgehead atoms. The molecule has 0 radical (unpaired) electrons. The summed E-state index contributed by atoms with van der Waals surface area (Å²) >= 11 is 1.62. The highest BCUT2D eigenvalue weighted by atomic mass is 32.1. The molecule has 0 aliphatic carbocycles. The second kappa shape index (κ2) is 6.01. The van der Waals surface area contributed by atoms with Crippen molar-refractivity contribution >= 4 is 23.2 Å². The Bertz CT molecular complexity index is 808. The number of aromatic nitrogens is 2. The summed E-state index contributed by atoms with van der Waals surface area (Å²) in [7, 11) is 0. The van der Waals surface area contributed by atoms with Crippen molar-refractivity contribution in [1.82, 2.24) is 9.55 Å². The fraction of sp³-hybridized carbons (Fsp3) is 0.222. The van der Waals surface area contributed by atoms with Gasteiger partial charge in [0.25, 0.3) is 0 Å². The van der Waals surface area contributed by atoms with Crippen molar-refractivity contribution in [2.75, 3.05) is 11.4 Å². The second-order valence-electron chi connectivity index (χ2n) is 5.64. The zero-order valence-corrected chi connectivity index (χ0v) is 13.5. The first-order valence-corrected chi connectivity index (χ1v) is 8.64. The number of benzene rings is 1. The average Bonchev–Trinajstić information content (AvgIpc) is 3.24. The van der Waals surface area contributed by atoms with E-state index in [1.807, 2.05) is 52.7 Å². The molecule has 116 valence electrons. The second-order valence-corrected chi connectivity index (χ2v) is 6.67. The Kier molecular flexibility index (Phi) is 3.71. The predicted molar refractivity (Wildman–Crippen MR) is 92.7 cm³/mol. The minimum Gasteiger partial charge on any atom is -0.316 e. The standard InChI is InChI=1S/C18H17N3OS/c22-17(12-15-8-4-11-23-15)21-10-5-9-20-13-16(19-18(20)21)14-6-2-1-3-7-14/h1-4,6-8,11,13H,5,9-10,12H2. The minimum absolute atomic E-state index is 0.124. The smallest absolute Gasteiger partial charge is 0.234 e. The van der Waals surface area contributed by atoms with Crippen LogP contribution in [-0.2, 0) is 17.8 Å². The fourth-order valence-electron chi connectivity index (χ4n) is 2.93. The quantitative estimate of drug-likeness (QED) is 0.739. The molecule has 4 nitrogen and oxygen atoms in total. The minimum atomic E-state index is 0.124. The summed E-state index contributed by atoms with van der Waals surface area (Å²) in [6.07, 6.45) is 3.47. The highest BCUT2D eigenvalue weighted by Crippen LogP contribution is 2.27. The summed E-state index contributed by atoms with van der Waals surface area (Å²) in [5, 5.41) is 2.01. The van der Waals surface area contributed by atoms with Crippen LogP contribution in [0.4, 0.5) is 5.95 Å². The van der Waals surface area contributed by atoms with Crippen molar-refractivity contribution in [3.8, 4) is 11.3 Å². The fourth-order valence-corrected chi connectivity index (χ4v) is 3.62. The van der Waals surface area contributed by atoms with Gasteiger partial charge in [-0.15, -0.1) is 11.3 Å². The van der Waals surface area contributed by atoms with Crippen LogP contribution in [0.5, 0.6) is 0 Å². The van der Waals surface area contributed by atoms with Crippen molar-refractivity contribution in [3.05, 3.63) is 58.9 Å². The molecule has 23 heavy (non-hydrogen) atoms. The van der Waals surface area contributed by atoms with E-state index in [-0.39, 0.29) is 5.91 Å². The van der Waals surface area contributed by atoms with Gasteiger partial charge >= 0.3 is 0 Å². The van der Waals surface area contributed by atoms with Crippen molar-refractivity contribution in [1.29, 1.82) is 0 Å². The van der Waals surface area contributed by atoms with Gasteiger partial charge in [0, 0.05) is 29.7 Å². The van der Waals surface area contributed by atoms with Crippen LogP contribution in [0.2, 0.25) is 0 Å². The third-order valence-corrected chi connectivity index (χ3v) is 4.93. The topological polar surface area (TPSA) is 38.1 Å². The largest absolute Gasteiger partial charge is 0.316 e. The molecule has 1 aliphatic rings. The molecule has 0 spiro atoms. The molecule has 0 fully saturated rings. The third-order valence-electron chi connectivity index (χ3n) is 4.05. The zero-order valence-electron chi connectivity index (χ0n) is 12.7. The van der Waals surface area contributed by atoms with E-state index in [4.69, 9.17) is 4.98 Å². The molecule has 5 heteroatoms. The van der Waals surface area contributed by atoms with E-state index < -0.39 is 0 Å². The first kappa shape index (κ1) is 14.2. The van der Waals surface area contributed by atoms with E-state index >= 15 is 0 Å². The van der Waals surface area contributed by atoms with E-state index in [1.165, 1.54) is 0 Å². The molecule has 0 unspecified atom stereocenters. The van der Waals surface area contributed by atoms with Crippen molar-refractivity contribution < 1.29 is 4.79 Å². The van der Waals surface area contributed by atoms with Crippen LogP contribution in [0, 0.1) is 0 Å². The Morgan fingerprint density at radius 2 is 2.00 bits per heavy atom. The van der Waals surface area contributed by atoms with Crippen molar-refractivity contribution in [2.45, 2.75) is 19.4 Å². The van der Waals surface area contributed by atoms with Gasteiger partial charge in [-0.25, -0.2) is 4.98 Å². The van der Waals surface area contributed by atoms with Gasteiger partial charge in [-0.3, -0.25) is 9.69 Å². The van der Waals surface area contributed by atoms with E-state index in [0.717, 1.165) is 41.6 Å². The first-order valence-electron chi connectivity index (χ1n) is 7.76. The van der Waals surface area contributed by atoms with Gasteiger partial charge in [-0.05, 0) is 17.9 Å². The third kappa shape index (κ3) is 2.80. The Hall–Kier alpha value is -2.40. The number of imidazole rings is 1. The number of carbonyl (C=O) groups excluding carboxylic acids is 1. The predicted octanol–water partition coefficient (Wildman–Crippen LogP) is 3.59. The Morgan fingerprint density at radius 1 is 1.13 bits per heavy atom. The van der Waals surface area contributed by atoms with Gasteiger partial charge in [0.05, 0.1) is 12.1 Å². The summed E-state index contributed by atoms with van der Waals surface area (Å²) in [5.74, 6) is 0.898. The number of rotatable bonds is 3. The maximum Gasteiger partial charge on any atom is 0.234 e. The molecule has 1 amide bonds. The lowest BCUT2D eigenvalue weighted by atomic mass is 10.2. The molecule has 1 aromatic carbocycles. The Balaban J connectivity index is 1.63. The van der Waals surface area contributed by atoms with E-state index in [9.17, 15) is 4.79 Å². The molecule has 3 aromatic rings. The summed E-state index contributed by atoms with van der Waals surface area (Å²) in [6, 6.07) is 14.1. The van der Waals surface area contributed by atoms with E-state index in [1.54, 1.807) is 11.3 Å². The number of amides is 1. The van der Waals surface area contributed by atoms with Gasteiger partial charge < -0.3 is 4.57 Å². The van der Waals surface area contributed by atoms with Gasteiger partial charge in [0.15, 0.2) is 0 Å². The summed E-state index contributed by atoms with van der Waals surface area (Å²) in [6.45, 7) is 1.66. The monoisotopic (exact) mass is 323 g/mol. The lowest BCUT2D eigenvalue weighted by Crippen LogP contribution is -2.38. The molecule has 0 saturated carbocycles. The molecule has 3 heterocycles. The maximum absolute atomic E-state index is 12.7. The Morgan fingerprint density at radius 3 is 2.78 bits per heavy atom. The van der Waals surface area contributed by atoms with Crippen LogP contribution in [0.25, 0.3) is 11.3 Å². The lowest BCUT2D eigenvalue weighted by molar-refractivity contribution is -0.118. The summed E-state index contributed by atoms with van der Waals surface area (Å²) in [5.41, 5.74) is 2.01. The van der Waals surface area contributed by atoms with Gasteiger partial charge in [0.2, 0.25) is 11.9 Å². The van der Waals surface area contributed by atoms with Crippen molar-refractivity contribution in [2.24, 2.45) is 0 Å². The number of fused-ring (bicyclic) bond motifs is 1. The average molecular weight is 323 g/mol. The van der Waals surface area contributed by atoms with Crippen molar-refractivity contribution in [3.63, 3.8) is 0 Å². The highest BCUT2D eigenvalue weighted by Gasteiger charge is 2.25. The number of aryl methyl sites for hydroxylation is 1. The number of nitrogens with zero attached hydrogens (tertiary/aromatic N) is 3. The lowest BCUT2D eigenvalue weighted by Gasteiger charge is -2.26. The van der Waals surface area contributed by atoms with Crippen LogP contribution in [-0.4, -0.2) is 22.0 Å². The molecular weight excluding hydrogens is 306 g/mol. The zero-order chi connectivity index (χ0) is 15.6. The molecule has 0 saturated heterocycles. The molecule has 4 rings (SSSR count). The number of hydrogen-bond acceptors (Lipinski definition) is 3. The highest BCUT2D eigenvalue weighted by molar-refractivity contribution is 7.10.